The van der Waals surface area contributed by atoms with Crippen LogP contribution in [-0.4, -0.2) is 40.3 Å². The first-order chi connectivity index (χ1) is 12.4. The Hall–Kier alpha value is -2.70. The fourth-order valence-electron chi connectivity index (χ4n) is 2.78. The van der Waals surface area contributed by atoms with Crippen LogP contribution in [0.25, 0.3) is 0 Å². The van der Waals surface area contributed by atoms with Gasteiger partial charge in [0.25, 0.3) is 5.91 Å². The molecule has 4 atom stereocenters. The normalized spacial score (nSPS) is 15.5. The van der Waals surface area contributed by atoms with Crippen LogP contribution in [0.15, 0.2) is 60.7 Å². The van der Waals surface area contributed by atoms with Crippen molar-refractivity contribution in [2.75, 3.05) is 0 Å². The number of carbonyl (C=O) groups excluding carboxylic acids is 1. The van der Waals surface area contributed by atoms with Crippen molar-refractivity contribution in [1.29, 1.82) is 0 Å². The summed E-state index contributed by atoms with van der Waals surface area (Å²) < 4.78 is 0. The summed E-state index contributed by atoms with van der Waals surface area (Å²) in [5.41, 5.74) is 7.60. The monoisotopic (exact) mass is 356 g/mol. The first-order valence-corrected chi connectivity index (χ1v) is 8.46. The van der Waals surface area contributed by atoms with Crippen molar-refractivity contribution in [2.24, 2.45) is 5.73 Å². The van der Waals surface area contributed by atoms with Crippen LogP contribution in [0, 0.1) is 0 Å². The third kappa shape index (κ3) is 5.15. The molecule has 6 nitrogen and oxygen atoms in total. The minimum Gasteiger partial charge on any atom is -0.480 e. The number of aliphatic hydroxyl groups is 1. The zero-order valence-corrected chi connectivity index (χ0v) is 14.6. The van der Waals surface area contributed by atoms with Gasteiger partial charge in [-0.2, -0.15) is 0 Å². The average molecular weight is 356 g/mol. The van der Waals surface area contributed by atoms with E-state index < -0.39 is 36.0 Å². The van der Waals surface area contributed by atoms with Crippen LogP contribution < -0.4 is 11.1 Å². The predicted molar refractivity (Wildman–Crippen MR) is 98.6 cm³/mol. The van der Waals surface area contributed by atoms with Crippen LogP contribution in [0.4, 0.5) is 0 Å². The molecule has 2 aromatic carbocycles. The molecule has 26 heavy (non-hydrogen) atoms. The van der Waals surface area contributed by atoms with Gasteiger partial charge in [-0.05, 0) is 17.5 Å². The van der Waals surface area contributed by atoms with Gasteiger partial charge in [0.05, 0.1) is 0 Å². The third-order valence-electron chi connectivity index (χ3n) is 4.38. The van der Waals surface area contributed by atoms with Crippen LogP contribution in [0.5, 0.6) is 0 Å². The van der Waals surface area contributed by atoms with E-state index in [1.54, 1.807) is 31.2 Å². The number of hydrogen-bond donors (Lipinski definition) is 4. The van der Waals surface area contributed by atoms with Crippen molar-refractivity contribution in [1.82, 2.24) is 5.32 Å². The quantitative estimate of drug-likeness (QED) is 0.569. The molecule has 0 aromatic heterocycles. The van der Waals surface area contributed by atoms with Gasteiger partial charge < -0.3 is 21.3 Å². The lowest BCUT2D eigenvalue weighted by Crippen LogP contribution is -2.53. The first kappa shape index (κ1) is 19.6. The molecule has 2 rings (SSSR count). The summed E-state index contributed by atoms with van der Waals surface area (Å²) in [5, 5.41) is 22.1. The largest absolute Gasteiger partial charge is 0.480 e. The Bertz CT molecular complexity index is 721. The highest BCUT2D eigenvalue weighted by Crippen LogP contribution is 2.19. The fourth-order valence-corrected chi connectivity index (χ4v) is 2.78. The lowest BCUT2D eigenvalue weighted by atomic mass is 9.92. The molecule has 0 spiro atoms. The number of nitrogens with one attached hydrogen (secondary N) is 1. The Morgan fingerprint density at radius 3 is 2.12 bits per heavy atom. The third-order valence-corrected chi connectivity index (χ3v) is 4.38. The number of carboxylic acids is 1. The van der Waals surface area contributed by atoms with E-state index in [0.717, 1.165) is 11.1 Å². The number of nitrogens with two attached hydrogens (primary N) is 1. The van der Waals surface area contributed by atoms with E-state index in [1.165, 1.54) is 0 Å². The molecule has 138 valence electrons. The molecule has 2 unspecified atom stereocenters. The molecule has 0 fully saturated rings. The highest BCUT2D eigenvalue weighted by atomic mass is 16.4. The lowest BCUT2D eigenvalue weighted by Gasteiger charge is -2.25. The van der Waals surface area contributed by atoms with E-state index in [9.17, 15) is 19.8 Å². The minimum absolute atomic E-state index is 0.307. The maximum absolute atomic E-state index is 12.3. The summed E-state index contributed by atoms with van der Waals surface area (Å²) in [6, 6.07) is 16.3. The van der Waals surface area contributed by atoms with Gasteiger partial charge in [-0.15, -0.1) is 0 Å². The molecule has 0 aliphatic carbocycles. The van der Waals surface area contributed by atoms with Crippen molar-refractivity contribution in [3.63, 3.8) is 0 Å². The van der Waals surface area contributed by atoms with Crippen molar-refractivity contribution >= 4 is 11.9 Å². The number of amides is 1. The second-order valence-corrected chi connectivity index (χ2v) is 6.32. The van der Waals surface area contributed by atoms with Gasteiger partial charge in [-0.25, -0.2) is 4.79 Å². The predicted octanol–water partition coefficient (Wildman–Crippen LogP) is 1.29. The van der Waals surface area contributed by atoms with Crippen LogP contribution in [0.1, 0.15) is 24.0 Å². The Labute approximate surface area is 152 Å². The number of aliphatic carboxylic acids is 1. The van der Waals surface area contributed by atoms with Gasteiger partial charge >= 0.3 is 5.97 Å². The summed E-state index contributed by atoms with van der Waals surface area (Å²) in [5.74, 6) is -2.42. The Balaban J connectivity index is 2.03. The molecule has 0 aliphatic heterocycles. The Morgan fingerprint density at radius 1 is 1.04 bits per heavy atom. The van der Waals surface area contributed by atoms with Crippen LogP contribution in [-0.2, 0) is 16.0 Å². The zero-order valence-electron chi connectivity index (χ0n) is 14.6. The number of rotatable bonds is 8. The number of aliphatic hydroxyl groups excluding tert-OH is 1. The fraction of sp³-hybridized carbons (Fsp3) is 0.300. The van der Waals surface area contributed by atoms with E-state index >= 15 is 0 Å². The maximum atomic E-state index is 12.3. The van der Waals surface area contributed by atoms with Crippen LogP contribution in [0.3, 0.4) is 0 Å². The topological polar surface area (TPSA) is 113 Å². The molecule has 6 heteroatoms. The standard InChI is InChI=1S/C20H24N2O4/c1-13(15-10-6-3-7-11-15)17(20(25)26)22-19(24)18(23)16(21)12-14-8-4-2-5-9-14/h2-11,13,16-18,23H,12,21H2,1H3,(H,22,24)(H,25,26)/t13?,16-,17?,18+/m1/s1. The first-order valence-electron chi connectivity index (χ1n) is 8.46. The van der Waals surface area contributed by atoms with E-state index in [0.29, 0.717) is 6.42 Å². The molecule has 2 aromatic rings. The summed E-state index contributed by atoms with van der Waals surface area (Å²) >= 11 is 0. The molecular formula is C20H24N2O4. The smallest absolute Gasteiger partial charge is 0.326 e. The van der Waals surface area contributed by atoms with Gasteiger partial charge in [0, 0.05) is 12.0 Å². The summed E-state index contributed by atoms with van der Waals surface area (Å²) in [4.78, 5) is 23.9. The molecule has 0 saturated carbocycles. The van der Waals surface area contributed by atoms with Crippen LogP contribution >= 0.6 is 0 Å². The Kier molecular flexibility index (Phi) is 6.89. The Morgan fingerprint density at radius 2 is 1.58 bits per heavy atom. The molecule has 5 N–H and O–H groups in total. The van der Waals surface area contributed by atoms with Crippen LogP contribution in [0.2, 0.25) is 0 Å². The number of carbonyl (C=O) groups is 2. The van der Waals surface area contributed by atoms with E-state index in [4.69, 9.17) is 5.73 Å². The van der Waals surface area contributed by atoms with E-state index in [2.05, 4.69) is 5.32 Å². The van der Waals surface area contributed by atoms with Gasteiger partial charge in [-0.1, -0.05) is 67.6 Å². The number of hydrogen-bond acceptors (Lipinski definition) is 4. The molecule has 0 heterocycles. The molecule has 0 aliphatic rings. The van der Waals surface area contributed by atoms with Crippen molar-refractivity contribution < 1.29 is 19.8 Å². The second kappa shape index (κ2) is 9.12. The molecule has 1 amide bonds. The molecule has 0 radical (unpaired) electrons. The number of benzene rings is 2. The minimum atomic E-state index is -1.50. The summed E-state index contributed by atoms with van der Waals surface area (Å²) in [6.45, 7) is 1.71. The van der Waals surface area contributed by atoms with Crippen molar-refractivity contribution in [2.45, 2.75) is 37.5 Å². The lowest BCUT2D eigenvalue weighted by molar-refractivity contribution is -0.144. The van der Waals surface area contributed by atoms with E-state index in [-0.39, 0.29) is 0 Å². The SMILES string of the molecule is CC(c1ccccc1)C(NC(=O)[C@@H](O)[C@H](N)Cc1ccccc1)C(=O)O. The number of carboxylic acid groups (broad SMARTS) is 1. The highest BCUT2D eigenvalue weighted by Gasteiger charge is 2.31. The van der Waals surface area contributed by atoms with Gasteiger partial charge in [-0.3, -0.25) is 4.79 Å². The van der Waals surface area contributed by atoms with Crippen molar-refractivity contribution in [3.8, 4) is 0 Å². The molecular weight excluding hydrogens is 332 g/mol. The van der Waals surface area contributed by atoms with Gasteiger partial charge in [0.2, 0.25) is 0 Å². The maximum Gasteiger partial charge on any atom is 0.326 e. The zero-order chi connectivity index (χ0) is 19.1. The van der Waals surface area contributed by atoms with Gasteiger partial charge in [0.15, 0.2) is 0 Å². The average Bonchev–Trinajstić information content (AvgIpc) is 2.66. The van der Waals surface area contributed by atoms with E-state index in [1.807, 2.05) is 36.4 Å². The highest BCUT2D eigenvalue weighted by molar-refractivity contribution is 5.87. The van der Waals surface area contributed by atoms with Gasteiger partial charge in [0.1, 0.15) is 12.1 Å². The van der Waals surface area contributed by atoms with Crippen molar-refractivity contribution in [3.05, 3.63) is 71.8 Å². The second-order valence-electron chi connectivity index (χ2n) is 6.32. The molecule has 0 bridgehead atoms. The summed E-state index contributed by atoms with van der Waals surface area (Å²) in [7, 11) is 0. The summed E-state index contributed by atoms with van der Waals surface area (Å²) in [6.07, 6.45) is -1.19. The molecule has 0 saturated heterocycles.